The van der Waals surface area contributed by atoms with Gasteiger partial charge in [0.1, 0.15) is 5.82 Å². The number of rotatable bonds is 4. The molecule has 0 spiro atoms. The molecule has 1 aromatic rings. The van der Waals surface area contributed by atoms with E-state index >= 15 is 0 Å². The van der Waals surface area contributed by atoms with Gasteiger partial charge in [-0.05, 0) is 31.5 Å². The van der Waals surface area contributed by atoms with Crippen LogP contribution in [0.3, 0.4) is 0 Å². The Hall–Kier alpha value is -1.93. The van der Waals surface area contributed by atoms with Gasteiger partial charge >= 0.3 is 0 Å². The van der Waals surface area contributed by atoms with Gasteiger partial charge in [-0.15, -0.1) is 0 Å². The molecule has 1 aromatic carbocycles. The number of amides is 1. The van der Waals surface area contributed by atoms with Crippen LogP contribution in [0.15, 0.2) is 18.2 Å². The third kappa shape index (κ3) is 3.40. The maximum Gasteiger partial charge on any atom is 0.227 e. The molecule has 1 amide bonds. The van der Waals surface area contributed by atoms with Crippen molar-refractivity contribution < 1.29 is 9.18 Å². The Bertz CT molecular complexity index is 567. The number of hydrogen-bond acceptors (Lipinski definition) is 3. The molecule has 5 heteroatoms. The molecule has 1 heterocycles. The first-order valence-electron chi connectivity index (χ1n) is 7.24. The van der Waals surface area contributed by atoms with E-state index in [0.717, 1.165) is 6.54 Å². The second kappa shape index (κ2) is 6.68. The highest BCUT2D eigenvalue weighted by molar-refractivity contribution is 5.79. The molecule has 0 bridgehead atoms. The zero-order valence-electron chi connectivity index (χ0n) is 12.4. The van der Waals surface area contributed by atoms with Gasteiger partial charge < -0.3 is 10.2 Å². The van der Waals surface area contributed by atoms with Gasteiger partial charge in [-0.1, -0.05) is 13.0 Å². The molecule has 0 aromatic heterocycles. The Morgan fingerprint density at radius 1 is 1.52 bits per heavy atom. The lowest BCUT2D eigenvalue weighted by atomic mass is 9.96. The summed E-state index contributed by atoms with van der Waals surface area (Å²) in [7, 11) is 0. The van der Waals surface area contributed by atoms with Crippen molar-refractivity contribution in [2.45, 2.75) is 20.4 Å². The molecule has 4 nitrogen and oxygen atoms in total. The van der Waals surface area contributed by atoms with Crippen LogP contribution >= 0.6 is 0 Å². The Kier molecular flexibility index (Phi) is 4.92. The van der Waals surface area contributed by atoms with Crippen molar-refractivity contribution in [1.29, 1.82) is 5.26 Å². The Morgan fingerprint density at radius 2 is 2.29 bits per heavy atom. The standard InChI is InChI=1S/C16H20FN3O/c1-3-20(16(21)14-9-19-8-11(14)2)10-13-5-4-12(7-18)6-15(13)17/h4-6,11,14,19H,3,8-10H2,1-2H3. The third-order valence-corrected chi connectivity index (χ3v) is 4.07. The predicted molar refractivity (Wildman–Crippen MR) is 77.7 cm³/mol. The Morgan fingerprint density at radius 3 is 2.81 bits per heavy atom. The molecule has 2 unspecified atom stereocenters. The fraction of sp³-hybridized carbons (Fsp3) is 0.500. The van der Waals surface area contributed by atoms with Crippen LogP contribution < -0.4 is 5.32 Å². The molecule has 0 radical (unpaired) electrons. The number of nitriles is 1. The lowest BCUT2D eigenvalue weighted by molar-refractivity contribution is -0.136. The molecule has 2 rings (SSSR count). The Balaban J connectivity index is 2.12. The minimum Gasteiger partial charge on any atom is -0.338 e. The summed E-state index contributed by atoms with van der Waals surface area (Å²) >= 11 is 0. The molecule has 112 valence electrons. The van der Waals surface area contributed by atoms with E-state index in [1.807, 2.05) is 13.0 Å². The van der Waals surface area contributed by atoms with Gasteiger partial charge in [0.05, 0.1) is 17.6 Å². The number of carbonyl (C=O) groups excluding carboxylic acids is 1. The van der Waals surface area contributed by atoms with Gasteiger partial charge in [0, 0.05) is 25.2 Å². The van der Waals surface area contributed by atoms with Crippen molar-refractivity contribution in [3.63, 3.8) is 0 Å². The van der Waals surface area contributed by atoms with E-state index in [0.29, 0.717) is 30.1 Å². The van der Waals surface area contributed by atoms with Gasteiger partial charge in [0.15, 0.2) is 0 Å². The maximum absolute atomic E-state index is 13.9. The minimum absolute atomic E-state index is 0.0357. The van der Waals surface area contributed by atoms with E-state index in [-0.39, 0.29) is 18.4 Å². The lowest BCUT2D eigenvalue weighted by Gasteiger charge is -2.26. The van der Waals surface area contributed by atoms with Gasteiger partial charge in [-0.25, -0.2) is 4.39 Å². The maximum atomic E-state index is 13.9. The van der Waals surface area contributed by atoms with Crippen LogP contribution in [0.25, 0.3) is 0 Å². The van der Waals surface area contributed by atoms with Crippen LogP contribution in [0.2, 0.25) is 0 Å². The summed E-state index contributed by atoms with van der Waals surface area (Å²) in [5.41, 5.74) is 0.738. The number of carbonyl (C=O) groups is 1. The third-order valence-electron chi connectivity index (χ3n) is 4.07. The monoisotopic (exact) mass is 289 g/mol. The summed E-state index contributed by atoms with van der Waals surface area (Å²) in [6.07, 6.45) is 0. The fourth-order valence-electron chi connectivity index (χ4n) is 2.67. The Labute approximate surface area is 124 Å². The normalized spacial score (nSPS) is 21.0. The quantitative estimate of drug-likeness (QED) is 0.921. The molecule has 1 aliphatic heterocycles. The molecule has 21 heavy (non-hydrogen) atoms. The SMILES string of the molecule is CCN(Cc1ccc(C#N)cc1F)C(=O)C1CNCC1C. The summed E-state index contributed by atoms with van der Waals surface area (Å²) in [5.74, 6) is -0.0968. The second-order valence-electron chi connectivity index (χ2n) is 5.51. The number of hydrogen-bond donors (Lipinski definition) is 1. The van der Waals surface area contributed by atoms with Crippen molar-refractivity contribution in [3.8, 4) is 6.07 Å². The highest BCUT2D eigenvalue weighted by Gasteiger charge is 2.32. The van der Waals surface area contributed by atoms with Crippen molar-refractivity contribution in [1.82, 2.24) is 10.2 Å². The zero-order valence-corrected chi connectivity index (χ0v) is 12.4. The van der Waals surface area contributed by atoms with E-state index in [9.17, 15) is 9.18 Å². The smallest absolute Gasteiger partial charge is 0.227 e. The highest BCUT2D eigenvalue weighted by atomic mass is 19.1. The minimum atomic E-state index is -0.433. The van der Waals surface area contributed by atoms with Crippen LogP contribution in [-0.2, 0) is 11.3 Å². The average Bonchev–Trinajstić information content (AvgIpc) is 2.91. The van der Waals surface area contributed by atoms with Crippen LogP contribution in [0.5, 0.6) is 0 Å². The number of nitrogens with zero attached hydrogens (tertiary/aromatic N) is 2. The van der Waals surface area contributed by atoms with E-state index < -0.39 is 5.82 Å². The molecular formula is C16H20FN3O. The molecule has 0 saturated carbocycles. The van der Waals surface area contributed by atoms with Crippen LogP contribution in [0, 0.1) is 29.0 Å². The highest BCUT2D eigenvalue weighted by Crippen LogP contribution is 2.20. The van der Waals surface area contributed by atoms with Crippen molar-refractivity contribution in [2.75, 3.05) is 19.6 Å². The molecule has 1 saturated heterocycles. The van der Waals surface area contributed by atoms with Gasteiger partial charge in [0.25, 0.3) is 0 Å². The fourth-order valence-corrected chi connectivity index (χ4v) is 2.67. The summed E-state index contributed by atoms with van der Waals surface area (Å²) < 4.78 is 13.9. The first kappa shape index (κ1) is 15.5. The second-order valence-corrected chi connectivity index (χ2v) is 5.51. The number of benzene rings is 1. The van der Waals surface area contributed by atoms with Crippen LogP contribution in [0.4, 0.5) is 4.39 Å². The van der Waals surface area contributed by atoms with Gasteiger partial charge in [-0.2, -0.15) is 5.26 Å². The van der Waals surface area contributed by atoms with Gasteiger partial charge in [0.2, 0.25) is 5.91 Å². The lowest BCUT2D eigenvalue weighted by Crippen LogP contribution is -2.38. The summed E-state index contributed by atoms with van der Waals surface area (Å²) in [6.45, 7) is 6.27. The summed E-state index contributed by atoms with van der Waals surface area (Å²) in [6, 6.07) is 6.29. The average molecular weight is 289 g/mol. The summed E-state index contributed by atoms with van der Waals surface area (Å²) in [5, 5.41) is 12.0. The number of nitrogens with one attached hydrogen (secondary N) is 1. The molecule has 0 aliphatic carbocycles. The molecule has 1 aliphatic rings. The molecule has 1 N–H and O–H groups in total. The molecule has 2 atom stereocenters. The molecular weight excluding hydrogens is 269 g/mol. The van der Waals surface area contributed by atoms with Gasteiger partial charge in [-0.3, -0.25) is 4.79 Å². The van der Waals surface area contributed by atoms with E-state index in [2.05, 4.69) is 12.2 Å². The van der Waals surface area contributed by atoms with E-state index in [1.165, 1.54) is 6.07 Å². The van der Waals surface area contributed by atoms with Crippen molar-refractivity contribution >= 4 is 5.91 Å². The summed E-state index contributed by atoms with van der Waals surface area (Å²) in [4.78, 5) is 14.2. The number of halogens is 1. The first-order valence-corrected chi connectivity index (χ1v) is 7.24. The largest absolute Gasteiger partial charge is 0.338 e. The zero-order chi connectivity index (χ0) is 15.4. The van der Waals surface area contributed by atoms with Crippen LogP contribution in [-0.4, -0.2) is 30.4 Å². The predicted octanol–water partition coefficient (Wildman–Crippen LogP) is 1.90. The van der Waals surface area contributed by atoms with E-state index in [4.69, 9.17) is 5.26 Å². The van der Waals surface area contributed by atoms with Crippen LogP contribution in [0.1, 0.15) is 25.0 Å². The first-order chi connectivity index (χ1) is 10.1. The topological polar surface area (TPSA) is 56.1 Å². The van der Waals surface area contributed by atoms with Crippen molar-refractivity contribution in [3.05, 3.63) is 35.1 Å². The van der Waals surface area contributed by atoms with E-state index in [1.54, 1.807) is 17.0 Å². The molecule has 1 fully saturated rings. The van der Waals surface area contributed by atoms with Crippen molar-refractivity contribution in [2.24, 2.45) is 11.8 Å².